The fraction of sp³-hybridized carbons (Fsp3) is 0.483. The van der Waals surface area contributed by atoms with Gasteiger partial charge in [-0.1, -0.05) is 50.6 Å². The molecule has 5 atom stereocenters. The number of amides is 6. The van der Waals surface area contributed by atoms with Crippen molar-refractivity contribution in [3.05, 3.63) is 97.6 Å². The molecule has 1 fully saturated rings. The van der Waals surface area contributed by atoms with Gasteiger partial charge in [0.2, 0.25) is 35.4 Å². The van der Waals surface area contributed by atoms with Gasteiger partial charge in [-0.3, -0.25) is 52.8 Å². The third-order valence-corrected chi connectivity index (χ3v) is 15.7. The number of aliphatic hydroxyl groups is 1. The summed E-state index contributed by atoms with van der Waals surface area (Å²) < 4.78 is 22.2. The van der Waals surface area contributed by atoms with E-state index in [4.69, 9.17) is 9.72 Å². The van der Waals surface area contributed by atoms with Crippen LogP contribution in [0.3, 0.4) is 0 Å². The number of ketones is 2. The molecule has 5 heterocycles. The van der Waals surface area contributed by atoms with E-state index in [0.29, 0.717) is 71.1 Å². The van der Waals surface area contributed by atoms with Crippen molar-refractivity contribution < 1.29 is 67.3 Å². The molecule has 4 aromatic rings. The number of carboxylic acid groups (broad SMARTS) is 1. The van der Waals surface area contributed by atoms with E-state index in [1.54, 1.807) is 57.2 Å². The fourth-order valence-corrected chi connectivity index (χ4v) is 11.3. The van der Waals surface area contributed by atoms with Gasteiger partial charge in [-0.05, 0) is 80.2 Å². The van der Waals surface area contributed by atoms with E-state index in [2.05, 4.69) is 21.3 Å². The summed E-state index contributed by atoms with van der Waals surface area (Å²) in [6, 6.07) is 9.94. The van der Waals surface area contributed by atoms with Crippen molar-refractivity contribution >= 4 is 69.9 Å². The summed E-state index contributed by atoms with van der Waals surface area (Å²) in [5.74, 6) is -7.56. The van der Waals surface area contributed by atoms with Crippen LogP contribution in [-0.4, -0.2) is 109 Å². The Kier molecular flexibility index (Phi) is 18.2. The molecule has 6 amide bonds. The van der Waals surface area contributed by atoms with Crippen molar-refractivity contribution in [3.63, 3.8) is 0 Å². The van der Waals surface area contributed by atoms with Crippen LogP contribution in [-0.2, 0) is 84.3 Å². The number of pyridine rings is 2. The van der Waals surface area contributed by atoms with Crippen molar-refractivity contribution in [2.45, 2.75) is 148 Å². The molecule has 22 heteroatoms. The first-order valence-electron chi connectivity index (χ1n) is 27.3. The summed E-state index contributed by atoms with van der Waals surface area (Å²) >= 11 is 0. The number of imide groups is 1. The quantitative estimate of drug-likeness (QED) is 0.0261. The lowest BCUT2D eigenvalue weighted by Crippen LogP contribution is -2.44. The highest BCUT2D eigenvalue weighted by molar-refractivity contribution is 6.03. The normalized spacial score (nSPS) is 18.6. The number of carboxylic acids is 1. The summed E-state index contributed by atoms with van der Waals surface area (Å²) in [5, 5.41) is 32.4. The molecule has 4 aliphatic rings. The number of nitrogens with one attached hydrogen (secondary N) is 4. The highest BCUT2D eigenvalue weighted by atomic mass is 19.1. The smallest absolute Gasteiger partial charge is 0.343 e. The highest BCUT2D eigenvalue weighted by Crippen LogP contribution is 2.46. The lowest BCUT2D eigenvalue weighted by atomic mass is 9.81. The minimum atomic E-state index is -2.05. The first kappa shape index (κ1) is 58.1. The number of carbonyl (C=O) groups excluding carboxylic acids is 9. The first-order valence-corrected chi connectivity index (χ1v) is 27.3. The van der Waals surface area contributed by atoms with E-state index in [1.165, 1.54) is 15.5 Å². The van der Waals surface area contributed by atoms with E-state index < -0.39 is 102 Å². The number of ether oxygens (including phenoxy) is 1. The van der Waals surface area contributed by atoms with Gasteiger partial charge < -0.3 is 40.8 Å². The lowest BCUT2D eigenvalue weighted by Gasteiger charge is -2.31. The monoisotopic (exact) mass is 1100 g/mol. The summed E-state index contributed by atoms with van der Waals surface area (Å²) in [7, 11) is 0. The topological polar surface area (TPSA) is 307 Å². The number of unbranched alkanes of at least 4 members (excludes halogenated alkanes) is 2. The van der Waals surface area contributed by atoms with Gasteiger partial charge >= 0.3 is 11.9 Å². The number of cyclic esters (lactones) is 1. The molecule has 2 aromatic carbocycles. The zero-order valence-electron chi connectivity index (χ0n) is 45.0. The number of halogens is 1. The van der Waals surface area contributed by atoms with Gasteiger partial charge in [0.1, 0.15) is 12.4 Å². The largest absolute Gasteiger partial charge is 0.481 e. The van der Waals surface area contributed by atoms with Gasteiger partial charge in [0.25, 0.3) is 5.56 Å². The number of aliphatic carboxylic acids is 1. The number of hydrogen-bond donors (Lipinski definition) is 6. The standard InChI is InChI=1S/C58H66FN7O14/c1-4-58(79)39-25-44-53-37(29-66(44)56(77)38(39)30-80-57(58)78)52-41(17-16-36-32(3)40(59)26-43(64-53)51(36)52)62-48(71)15-11-20-60-54(75)34(23-33-12-7-5-8-13-33)24-35(67)28-61-46(69)19-18-45(68)42(27-50(73)74)63-47(70)14-9-6-10-21-65-49(72)22-31(2)55(65)76/h5,7-8,12-13,25-26,31,34,41-42,79H,4,6,9-11,14-24,27-30H2,1-3H3,(H,60,75)(H,61,69)(H,62,71)(H,63,70)(H,73,74)/t31?,34-,41+,42+,58+/m1/s1. The van der Waals surface area contributed by atoms with Crippen LogP contribution < -0.4 is 26.8 Å². The number of benzene rings is 2. The van der Waals surface area contributed by atoms with Gasteiger partial charge in [-0.2, -0.15) is 0 Å². The summed E-state index contributed by atoms with van der Waals surface area (Å²) in [6.45, 7) is 4.59. The molecule has 3 aliphatic heterocycles. The van der Waals surface area contributed by atoms with Gasteiger partial charge in [-0.15, -0.1) is 0 Å². The van der Waals surface area contributed by atoms with Crippen molar-refractivity contribution in [2.24, 2.45) is 11.8 Å². The number of aryl methyl sites for hydroxylation is 1. The third-order valence-electron chi connectivity index (χ3n) is 15.7. The number of Topliss-reactive ketones (excluding diaryl/α,β-unsaturated/α-hetero) is 2. The van der Waals surface area contributed by atoms with Crippen LogP contribution in [0.4, 0.5) is 4.39 Å². The Hall–Kier alpha value is -8.01. The Bertz CT molecular complexity index is 3250. The summed E-state index contributed by atoms with van der Waals surface area (Å²) in [6.07, 6.45) is 0.847. The number of likely N-dealkylation sites (tertiary alicyclic amines) is 1. The van der Waals surface area contributed by atoms with E-state index >= 15 is 4.39 Å². The Morgan fingerprint density at radius 1 is 0.887 bits per heavy atom. The molecule has 0 bridgehead atoms. The maximum atomic E-state index is 15.4. The van der Waals surface area contributed by atoms with E-state index in [0.717, 1.165) is 11.1 Å². The van der Waals surface area contributed by atoms with Crippen molar-refractivity contribution in [2.75, 3.05) is 19.6 Å². The molecule has 1 saturated heterocycles. The zero-order valence-corrected chi connectivity index (χ0v) is 45.0. The second kappa shape index (κ2) is 25.0. The van der Waals surface area contributed by atoms with Crippen LogP contribution in [0.15, 0.2) is 47.3 Å². The minimum Gasteiger partial charge on any atom is -0.481 e. The molecule has 6 N–H and O–H groups in total. The molecule has 424 valence electrons. The van der Waals surface area contributed by atoms with Gasteiger partial charge in [0, 0.05) is 86.0 Å². The van der Waals surface area contributed by atoms with Crippen LogP contribution in [0.2, 0.25) is 0 Å². The molecule has 21 nitrogen and oxygen atoms in total. The third kappa shape index (κ3) is 12.7. The molecule has 0 radical (unpaired) electrons. The molecule has 1 unspecified atom stereocenters. The minimum absolute atomic E-state index is 0.00692. The Labute approximate surface area is 459 Å². The predicted octanol–water partition coefficient (Wildman–Crippen LogP) is 3.73. The Morgan fingerprint density at radius 3 is 2.35 bits per heavy atom. The van der Waals surface area contributed by atoms with Gasteiger partial charge in [0.15, 0.2) is 17.2 Å². The number of hydrogen-bond acceptors (Lipinski definition) is 14. The average molecular weight is 1100 g/mol. The van der Waals surface area contributed by atoms with E-state index in [-0.39, 0.29) is 106 Å². The zero-order chi connectivity index (χ0) is 57.6. The summed E-state index contributed by atoms with van der Waals surface area (Å²) in [4.78, 5) is 148. The van der Waals surface area contributed by atoms with Gasteiger partial charge in [-0.25, -0.2) is 14.2 Å². The van der Waals surface area contributed by atoms with Crippen LogP contribution >= 0.6 is 0 Å². The van der Waals surface area contributed by atoms with E-state index in [1.807, 2.05) is 0 Å². The molecule has 80 heavy (non-hydrogen) atoms. The predicted molar refractivity (Wildman–Crippen MR) is 284 cm³/mol. The van der Waals surface area contributed by atoms with Crippen LogP contribution in [0.1, 0.15) is 142 Å². The Balaban J connectivity index is 0.829. The van der Waals surface area contributed by atoms with Crippen LogP contribution in [0.5, 0.6) is 0 Å². The molecular weight excluding hydrogens is 1040 g/mol. The van der Waals surface area contributed by atoms with Crippen molar-refractivity contribution in [1.82, 2.24) is 35.7 Å². The molecule has 1 aliphatic carbocycles. The number of rotatable bonds is 26. The number of esters is 1. The number of nitrogens with zero attached hydrogens (tertiary/aromatic N) is 3. The second-order valence-corrected chi connectivity index (χ2v) is 21.3. The summed E-state index contributed by atoms with van der Waals surface area (Å²) in [5.41, 5.74) is 2.14. The van der Waals surface area contributed by atoms with Crippen LogP contribution in [0, 0.1) is 24.6 Å². The second-order valence-electron chi connectivity index (χ2n) is 21.3. The molecule has 0 saturated carbocycles. The maximum Gasteiger partial charge on any atom is 0.343 e. The molecule has 8 rings (SSSR count). The number of aromatic nitrogens is 2. The molecular formula is C58H66FN7O14. The number of fused-ring (bicyclic) bond motifs is 5. The number of carbonyl (C=O) groups is 10. The maximum absolute atomic E-state index is 15.4. The highest BCUT2D eigenvalue weighted by Gasteiger charge is 2.46. The first-order chi connectivity index (χ1) is 38.2. The molecule has 0 spiro atoms. The Morgan fingerprint density at radius 2 is 1.64 bits per heavy atom. The SMILES string of the molecule is CC[C@@]1(O)C(=O)OCc2c1cc1n(c2=O)Cc2c-1nc1cc(F)c(C)c3c1c2[C@@H](NC(=O)CCCNC(=O)[C@@H](CC(=O)CNC(=O)CCC(=O)[C@H](CC(=O)O)NC(=O)CCCCCN1C(=O)CC(C)C1=O)Cc1ccccc1)CC3. The van der Waals surface area contributed by atoms with Crippen molar-refractivity contribution in [1.29, 1.82) is 0 Å². The van der Waals surface area contributed by atoms with Crippen LogP contribution in [0.25, 0.3) is 22.3 Å². The molecule has 2 aromatic heterocycles. The lowest BCUT2D eigenvalue weighted by molar-refractivity contribution is -0.172. The van der Waals surface area contributed by atoms with Gasteiger partial charge in [0.05, 0.1) is 54.1 Å². The van der Waals surface area contributed by atoms with Crippen molar-refractivity contribution in [3.8, 4) is 11.4 Å². The fourth-order valence-electron chi connectivity index (χ4n) is 11.3. The van der Waals surface area contributed by atoms with E-state index in [9.17, 15) is 63.0 Å². The average Bonchev–Trinajstić information content (AvgIpc) is 4.11.